The lowest BCUT2D eigenvalue weighted by molar-refractivity contribution is -0.117. The summed E-state index contributed by atoms with van der Waals surface area (Å²) in [6, 6.07) is 5.19. The molecule has 1 aliphatic rings. The topological polar surface area (TPSA) is 50.4 Å². The number of carbonyl (C=O) groups is 1. The van der Waals surface area contributed by atoms with Gasteiger partial charge in [-0.2, -0.15) is 0 Å². The summed E-state index contributed by atoms with van der Waals surface area (Å²) >= 11 is 5.93. The zero-order valence-electron chi connectivity index (χ0n) is 11.0. The standard InChI is InChI=1S/C14H19ClN2O2/c1-19-13-5-4-11(15)8-12(13)17-14(18)7-10-3-2-6-16-9-10/h4-5,8,10,16H,2-3,6-7,9H2,1H3,(H,17,18). The van der Waals surface area contributed by atoms with E-state index >= 15 is 0 Å². The number of ether oxygens (including phenoxy) is 1. The molecule has 0 radical (unpaired) electrons. The number of rotatable bonds is 4. The van der Waals surface area contributed by atoms with Gasteiger partial charge in [0, 0.05) is 11.4 Å². The van der Waals surface area contributed by atoms with Gasteiger partial charge in [-0.15, -0.1) is 0 Å². The van der Waals surface area contributed by atoms with Crippen LogP contribution in [-0.2, 0) is 4.79 Å². The first-order chi connectivity index (χ1) is 9.19. The molecule has 19 heavy (non-hydrogen) atoms. The number of benzene rings is 1. The lowest BCUT2D eigenvalue weighted by Gasteiger charge is -2.22. The quantitative estimate of drug-likeness (QED) is 0.893. The van der Waals surface area contributed by atoms with Crippen molar-refractivity contribution in [2.75, 3.05) is 25.5 Å². The molecule has 5 heteroatoms. The monoisotopic (exact) mass is 282 g/mol. The Bertz CT molecular complexity index is 445. The molecule has 1 saturated heterocycles. The average Bonchev–Trinajstić information content (AvgIpc) is 2.40. The van der Waals surface area contributed by atoms with Crippen molar-refractivity contribution in [1.82, 2.24) is 5.32 Å². The van der Waals surface area contributed by atoms with Crippen LogP contribution in [0.25, 0.3) is 0 Å². The van der Waals surface area contributed by atoms with E-state index in [-0.39, 0.29) is 5.91 Å². The van der Waals surface area contributed by atoms with E-state index in [0.717, 1.165) is 25.9 Å². The number of anilines is 1. The maximum absolute atomic E-state index is 12.0. The zero-order valence-corrected chi connectivity index (χ0v) is 11.8. The Morgan fingerprint density at radius 2 is 2.42 bits per heavy atom. The molecule has 0 spiro atoms. The third-order valence-electron chi connectivity index (χ3n) is 3.31. The second kappa shape index (κ2) is 6.78. The Hall–Kier alpha value is -1.26. The van der Waals surface area contributed by atoms with Gasteiger partial charge in [0.1, 0.15) is 5.75 Å². The molecule has 1 atom stereocenters. The van der Waals surface area contributed by atoms with E-state index < -0.39 is 0 Å². The smallest absolute Gasteiger partial charge is 0.224 e. The molecule has 1 heterocycles. The van der Waals surface area contributed by atoms with Gasteiger partial charge in [0.2, 0.25) is 5.91 Å². The summed E-state index contributed by atoms with van der Waals surface area (Å²) in [5.41, 5.74) is 0.628. The number of nitrogens with one attached hydrogen (secondary N) is 2. The molecule has 1 amide bonds. The van der Waals surface area contributed by atoms with Crippen LogP contribution in [0.15, 0.2) is 18.2 Å². The van der Waals surface area contributed by atoms with Crippen LogP contribution in [0.5, 0.6) is 5.75 Å². The van der Waals surface area contributed by atoms with Crippen molar-refractivity contribution in [3.8, 4) is 5.75 Å². The summed E-state index contributed by atoms with van der Waals surface area (Å²) in [7, 11) is 1.57. The van der Waals surface area contributed by atoms with Crippen molar-refractivity contribution in [3.63, 3.8) is 0 Å². The molecule has 1 unspecified atom stereocenters. The van der Waals surface area contributed by atoms with Gasteiger partial charge in [-0.1, -0.05) is 11.6 Å². The lowest BCUT2D eigenvalue weighted by atomic mass is 9.96. The number of methoxy groups -OCH3 is 1. The maximum Gasteiger partial charge on any atom is 0.224 e. The van der Waals surface area contributed by atoms with Crippen molar-refractivity contribution >= 4 is 23.2 Å². The molecule has 0 bridgehead atoms. The number of amides is 1. The van der Waals surface area contributed by atoms with Crippen LogP contribution in [0.2, 0.25) is 5.02 Å². The molecule has 1 aromatic carbocycles. The van der Waals surface area contributed by atoms with Crippen LogP contribution in [0.3, 0.4) is 0 Å². The first-order valence-electron chi connectivity index (χ1n) is 6.53. The minimum absolute atomic E-state index is 0.00858. The van der Waals surface area contributed by atoms with Crippen LogP contribution in [0.1, 0.15) is 19.3 Å². The van der Waals surface area contributed by atoms with E-state index in [1.54, 1.807) is 25.3 Å². The molecule has 0 aromatic heterocycles. The van der Waals surface area contributed by atoms with Crippen LogP contribution in [0.4, 0.5) is 5.69 Å². The summed E-state index contributed by atoms with van der Waals surface area (Å²) < 4.78 is 5.21. The van der Waals surface area contributed by atoms with Gasteiger partial charge in [-0.3, -0.25) is 4.79 Å². The van der Waals surface area contributed by atoms with Crippen molar-refractivity contribution < 1.29 is 9.53 Å². The minimum Gasteiger partial charge on any atom is -0.495 e. The van der Waals surface area contributed by atoms with Crippen molar-refractivity contribution in [2.24, 2.45) is 5.92 Å². The number of hydrogen-bond donors (Lipinski definition) is 2. The molecular weight excluding hydrogens is 264 g/mol. The molecule has 4 nitrogen and oxygen atoms in total. The van der Waals surface area contributed by atoms with Gasteiger partial charge in [0.15, 0.2) is 0 Å². The predicted molar refractivity (Wildman–Crippen MR) is 76.8 cm³/mol. The van der Waals surface area contributed by atoms with Gasteiger partial charge >= 0.3 is 0 Å². The lowest BCUT2D eigenvalue weighted by Crippen LogP contribution is -2.32. The Morgan fingerprint density at radius 3 is 3.11 bits per heavy atom. The van der Waals surface area contributed by atoms with Crippen LogP contribution in [-0.4, -0.2) is 26.1 Å². The van der Waals surface area contributed by atoms with Crippen molar-refractivity contribution in [3.05, 3.63) is 23.2 Å². The number of halogens is 1. The van der Waals surface area contributed by atoms with Gasteiger partial charge in [0.05, 0.1) is 12.8 Å². The number of carbonyl (C=O) groups excluding carboxylic acids is 1. The number of piperidine rings is 1. The molecule has 0 saturated carbocycles. The van der Waals surface area contributed by atoms with E-state index in [1.807, 2.05) is 0 Å². The highest BCUT2D eigenvalue weighted by atomic mass is 35.5. The van der Waals surface area contributed by atoms with Gasteiger partial charge in [0.25, 0.3) is 0 Å². The SMILES string of the molecule is COc1ccc(Cl)cc1NC(=O)CC1CCCNC1. The zero-order chi connectivity index (χ0) is 13.7. The van der Waals surface area contributed by atoms with Gasteiger partial charge < -0.3 is 15.4 Å². The van der Waals surface area contributed by atoms with Gasteiger partial charge in [-0.25, -0.2) is 0 Å². The van der Waals surface area contributed by atoms with Crippen LogP contribution < -0.4 is 15.4 Å². The molecule has 2 rings (SSSR count). The fourth-order valence-corrected chi connectivity index (χ4v) is 2.51. The Balaban J connectivity index is 1.95. The third-order valence-corrected chi connectivity index (χ3v) is 3.54. The normalized spacial score (nSPS) is 18.9. The molecule has 0 aliphatic carbocycles. The molecule has 104 valence electrons. The third kappa shape index (κ3) is 4.11. The highest BCUT2D eigenvalue weighted by Gasteiger charge is 2.17. The molecule has 2 N–H and O–H groups in total. The summed E-state index contributed by atoms with van der Waals surface area (Å²) in [6.45, 7) is 1.97. The minimum atomic E-state index is 0.00858. The van der Waals surface area contributed by atoms with E-state index in [1.165, 1.54) is 0 Å². The van der Waals surface area contributed by atoms with Crippen molar-refractivity contribution in [2.45, 2.75) is 19.3 Å². The van der Waals surface area contributed by atoms with Gasteiger partial charge in [-0.05, 0) is 50.0 Å². The van der Waals surface area contributed by atoms with E-state index in [0.29, 0.717) is 28.8 Å². The molecular formula is C14H19ClN2O2. The first kappa shape index (κ1) is 14.2. The molecule has 1 aromatic rings. The summed E-state index contributed by atoms with van der Waals surface area (Å²) in [6.07, 6.45) is 2.77. The summed E-state index contributed by atoms with van der Waals surface area (Å²) in [5, 5.41) is 6.76. The largest absolute Gasteiger partial charge is 0.495 e. The van der Waals surface area contributed by atoms with E-state index in [4.69, 9.17) is 16.3 Å². The highest BCUT2D eigenvalue weighted by Crippen LogP contribution is 2.28. The Morgan fingerprint density at radius 1 is 1.58 bits per heavy atom. The number of hydrogen-bond acceptors (Lipinski definition) is 3. The van der Waals surface area contributed by atoms with Crippen LogP contribution >= 0.6 is 11.6 Å². The van der Waals surface area contributed by atoms with E-state index in [9.17, 15) is 4.79 Å². The molecule has 1 fully saturated rings. The van der Waals surface area contributed by atoms with E-state index in [2.05, 4.69) is 10.6 Å². The molecule has 1 aliphatic heterocycles. The second-order valence-electron chi connectivity index (χ2n) is 4.81. The summed E-state index contributed by atoms with van der Waals surface area (Å²) in [4.78, 5) is 12.0. The second-order valence-corrected chi connectivity index (χ2v) is 5.25. The van der Waals surface area contributed by atoms with Crippen molar-refractivity contribution in [1.29, 1.82) is 0 Å². The highest BCUT2D eigenvalue weighted by molar-refractivity contribution is 6.31. The Kier molecular flexibility index (Phi) is 5.05. The Labute approximate surface area is 118 Å². The predicted octanol–water partition coefficient (Wildman–Crippen LogP) is 2.68. The summed E-state index contributed by atoms with van der Waals surface area (Å²) in [5.74, 6) is 1.05. The average molecular weight is 283 g/mol. The first-order valence-corrected chi connectivity index (χ1v) is 6.91. The fraction of sp³-hybridized carbons (Fsp3) is 0.500. The van der Waals surface area contributed by atoms with Crippen LogP contribution in [0, 0.1) is 5.92 Å². The maximum atomic E-state index is 12.0. The fourth-order valence-electron chi connectivity index (χ4n) is 2.34.